The number of anilines is 1. The Hall–Kier alpha value is -3.31. The van der Waals surface area contributed by atoms with Gasteiger partial charge in [0.1, 0.15) is 17.1 Å². The van der Waals surface area contributed by atoms with Crippen molar-refractivity contribution in [3.8, 4) is 0 Å². The standard InChI is InChI=1S/C14H11F3N4O5/c1-6(22)20-13(14(15,16)17)8-9(18-11(13)24)21(12(25)19-10(8)23)5-7-3-2-4-26-7/h2-4H,5H2,1H3,(H,18,24)(H,20,22)(H,19,23,25)/t13-/m0/s1. The number of carbonyl (C=O) groups excluding carboxylic acids is 2. The fourth-order valence-corrected chi connectivity index (χ4v) is 2.80. The van der Waals surface area contributed by atoms with E-state index in [1.807, 2.05) is 5.32 Å². The van der Waals surface area contributed by atoms with Crippen molar-refractivity contribution in [2.24, 2.45) is 0 Å². The molecule has 0 spiro atoms. The molecule has 0 saturated carbocycles. The van der Waals surface area contributed by atoms with E-state index in [-0.39, 0.29) is 12.3 Å². The summed E-state index contributed by atoms with van der Waals surface area (Å²) in [6, 6.07) is 2.94. The third-order valence-electron chi connectivity index (χ3n) is 3.83. The number of fused-ring (bicyclic) bond motifs is 1. The lowest BCUT2D eigenvalue weighted by molar-refractivity contribution is -0.200. The van der Waals surface area contributed by atoms with E-state index in [0.717, 1.165) is 6.92 Å². The van der Waals surface area contributed by atoms with Crippen molar-refractivity contribution in [3.05, 3.63) is 50.6 Å². The number of nitrogens with zero attached hydrogens (tertiary/aromatic N) is 1. The Morgan fingerprint density at radius 3 is 2.58 bits per heavy atom. The van der Waals surface area contributed by atoms with Crippen LogP contribution in [0.25, 0.3) is 0 Å². The molecular weight excluding hydrogens is 361 g/mol. The molecule has 0 bridgehead atoms. The van der Waals surface area contributed by atoms with Gasteiger partial charge < -0.3 is 15.1 Å². The second kappa shape index (κ2) is 5.61. The quantitative estimate of drug-likeness (QED) is 0.700. The van der Waals surface area contributed by atoms with Gasteiger partial charge in [-0.25, -0.2) is 4.79 Å². The van der Waals surface area contributed by atoms with Crippen LogP contribution in [0.3, 0.4) is 0 Å². The van der Waals surface area contributed by atoms with Crippen LogP contribution in [0, 0.1) is 0 Å². The van der Waals surface area contributed by atoms with Crippen molar-refractivity contribution in [2.45, 2.75) is 25.2 Å². The Morgan fingerprint density at radius 1 is 1.35 bits per heavy atom. The van der Waals surface area contributed by atoms with Crippen LogP contribution in [-0.4, -0.2) is 27.5 Å². The molecule has 1 aliphatic heterocycles. The minimum atomic E-state index is -5.34. The van der Waals surface area contributed by atoms with Gasteiger partial charge in [-0.1, -0.05) is 0 Å². The van der Waals surface area contributed by atoms with Crippen molar-refractivity contribution < 1.29 is 27.2 Å². The number of rotatable bonds is 3. The van der Waals surface area contributed by atoms with Gasteiger partial charge >= 0.3 is 11.9 Å². The number of halogens is 3. The van der Waals surface area contributed by atoms with E-state index in [2.05, 4.69) is 0 Å². The zero-order valence-corrected chi connectivity index (χ0v) is 13.1. The normalized spacial score (nSPS) is 19.2. The first-order chi connectivity index (χ1) is 12.1. The summed E-state index contributed by atoms with van der Waals surface area (Å²) in [6.07, 6.45) is -4.06. The summed E-state index contributed by atoms with van der Waals surface area (Å²) in [6.45, 7) is 0.422. The second-order valence-electron chi connectivity index (χ2n) is 5.53. The summed E-state index contributed by atoms with van der Waals surface area (Å²) in [4.78, 5) is 49.5. The van der Waals surface area contributed by atoms with Gasteiger partial charge in [-0.05, 0) is 12.1 Å². The molecule has 0 aromatic carbocycles. The number of alkyl halides is 3. The zero-order valence-electron chi connectivity index (χ0n) is 13.1. The third kappa shape index (κ3) is 2.41. The number of amides is 2. The van der Waals surface area contributed by atoms with Crippen LogP contribution in [0.1, 0.15) is 18.2 Å². The maximum absolute atomic E-state index is 13.8. The number of carbonyl (C=O) groups is 2. The molecule has 3 heterocycles. The van der Waals surface area contributed by atoms with Gasteiger partial charge in [0.25, 0.3) is 11.5 Å². The Labute approximate surface area is 141 Å². The highest BCUT2D eigenvalue weighted by Crippen LogP contribution is 2.44. The fraction of sp³-hybridized carbons (Fsp3) is 0.286. The molecule has 0 unspecified atom stereocenters. The summed E-state index contributed by atoms with van der Waals surface area (Å²) in [5.74, 6) is -3.35. The van der Waals surface area contributed by atoms with E-state index in [1.54, 1.807) is 4.98 Å². The summed E-state index contributed by atoms with van der Waals surface area (Å²) < 4.78 is 47.0. The average Bonchev–Trinajstić information content (AvgIpc) is 3.10. The molecular formula is C14H11F3N4O5. The third-order valence-corrected chi connectivity index (χ3v) is 3.83. The molecule has 0 fully saturated rings. The van der Waals surface area contributed by atoms with Gasteiger partial charge in [0.2, 0.25) is 11.4 Å². The first kappa shape index (κ1) is 17.5. The molecule has 3 N–H and O–H groups in total. The number of nitrogens with one attached hydrogen (secondary N) is 3. The Balaban J connectivity index is 2.31. The zero-order chi connectivity index (χ0) is 19.3. The average molecular weight is 372 g/mol. The first-order valence-corrected chi connectivity index (χ1v) is 7.15. The minimum absolute atomic E-state index is 0.194. The second-order valence-corrected chi connectivity index (χ2v) is 5.53. The van der Waals surface area contributed by atoms with Crippen LogP contribution in [0.4, 0.5) is 19.0 Å². The fourth-order valence-electron chi connectivity index (χ4n) is 2.80. The monoisotopic (exact) mass is 372 g/mol. The van der Waals surface area contributed by atoms with Crippen LogP contribution in [-0.2, 0) is 21.7 Å². The van der Waals surface area contributed by atoms with Crippen LogP contribution in [0.5, 0.6) is 0 Å². The molecule has 0 saturated heterocycles. The van der Waals surface area contributed by atoms with Crippen molar-refractivity contribution >= 4 is 17.6 Å². The highest BCUT2D eigenvalue weighted by Gasteiger charge is 2.68. The highest BCUT2D eigenvalue weighted by molar-refractivity contribution is 6.07. The van der Waals surface area contributed by atoms with Gasteiger partial charge in [0.05, 0.1) is 12.8 Å². The lowest BCUT2D eigenvalue weighted by Gasteiger charge is -2.29. The van der Waals surface area contributed by atoms with Gasteiger partial charge in [0.15, 0.2) is 0 Å². The van der Waals surface area contributed by atoms with Crippen LogP contribution in [0.2, 0.25) is 0 Å². The molecule has 26 heavy (non-hydrogen) atoms. The predicted octanol–water partition coefficient (Wildman–Crippen LogP) is 0.0237. The Kier molecular flexibility index (Phi) is 3.78. The molecule has 1 atom stereocenters. The van der Waals surface area contributed by atoms with E-state index in [0.29, 0.717) is 4.57 Å². The van der Waals surface area contributed by atoms with Crippen LogP contribution >= 0.6 is 0 Å². The number of H-pyrrole nitrogens is 1. The SMILES string of the molecule is CC(=O)N[C@]1(C(F)(F)F)C(=O)Nc2c1c(=O)[nH]c(=O)n2Cc1ccco1. The molecule has 12 heteroatoms. The predicted molar refractivity (Wildman–Crippen MR) is 79.3 cm³/mol. The van der Waals surface area contributed by atoms with E-state index < -0.39 is 46.2 Å². The molecule has 0 aliphatic carbocycles. The van der Waals surface area contributed by atoms with Crippen LogP contribution < -0.4 is 21.9 Å². The number of furan rings is 1. The van der Waals surface area contributed by atoms with Crippen molar-refractivity contribution in [3.63, 3.8) is 0 Å². The maximum Gasteiger partial charge on any atom is 0.425 e. The van der Waals surface area contributed by atoms with E-state index in [1.165, 1.54) is 23.7 Å². The van der Waals surface area contributed by atoms with E-state index >= 15 is 0 Å². The minimum Gasteiger partial charge on any atom is -0.467 e. The van der Waals surface area contributed by atoms with Gasteiger partial charge in [-0.15, -0.1) is 0 Å². The summed E-state index contributed by atoms with van der Waals surface area (Å²) in [5, 5.41) is 3.40. The number of aromatic amines is 1. The summed E-state index contributed by atoms with van der Waals surface area (Å²) in [7, 11) is 0. The molecule has 2 amide bonds. The van der Waals surface area contributed by atoms with Gasteiger partial charge in [0, 0.05) is 6.92 Å². The molecule has 2 aromatic heterocycles. The summed E-state index contributed by atoms with van der Waals surface area (Å²) in [5.41, 5.74) is -7.21. The molecule has 3 rings (SSSR count). The molecule has 0 radical (unpaired) electrons. The lowest BCUT2D eigenvalue weighted by atomic mass is 9.92. The van der Waals surface area contributed by atoms with E-state index in [4.69, 9.17) is 4.42 Å². The molecule has 138 valence electrons. The van der Waals surface area contributed by atoms with Gasteiger partial charge in [-0.2, -0.15) is 13.2 Å². The number of hydrogen-bond donors (Lipinski definition) is 3. The topological polar surface area (TPSA) is 126 Å². The first-order valence-electron chi connectivity index (χ1n) is 7.15. The summed E-state index contributed by atoms with van der Waals surface area (Å²) >= 11 is 0. The van der Waals surface area contributed by atoms with Crippen molar-refractivity contribution in [2.75, 3.05) is 5.32 Å². The highest BCUT2D eigenvalue weighted by atomic mass is 19.4. The molecule has 1 aliphatic rings. The molecule has 2 aromatic rings. The smallest absolute Gasteiger partial charge is 0.425 e. The van der Waals surface area contributed by atoms with E-state index in [9.17, 15) is 32.3 Å². The van der Waals surface area contributed by atoms with Crippen molar-refractivity contribution in [1.82, 2.24) is 14.9 Å². The lowest BCUT2D eigenvalue weighted by Crippen LogP contribution is -2.61. The van der Waals surface area contributed by atoms with Crippen LogP contribution in [0.15, 0.2) is 32.4 Å². The molecule has 9 nitrogen and oxygen atoms in total. The largest absolute Gasteiger partial charge is 0.467 e. The van der Waals surface area contributed by atoms with Crippen molar-refractivity contribution in [1.29, 1.82) is 0 Å². The maximum atomic E-state index is 13.8. The number of hydrogen-bond acceptors (Lipinski definition) is 5. The van der Waals surface area contributed by atoms with Gasteiger partial charge in [-0.3, -0.25) is 23.9 Å². The Morgan fingerprint density at radius 2 is 2.04 bits per heavy atom. The number of aromatic nitrogens is 2. The Bertz CT molecular complexity index is 1010.